The number of benzene rings is 1. The molecule has 148 valence electrons. The molecular weight excluding hydrogens is 354 g/mol. The van der Waals surface area contributed by atoms with Crippen molar-refractivity contribution in [3.8, 4) is 5.69 Å². The summed E-state index contributed by atoms with van der Waals surface area (Å²) in [4.78, 5) is 8.95. The lowest BCUT2D eigenvalue weighted by molar-refractivity contribution is 0.379. The number of rotatable bonds is 6. The first-order valence-corrected chi connectivity index (χ1v) is 9.39. The lowest BCUT2D eigenvalue weighted by Crippen LogP contribution is -2.37. The van der Waals surface area contributed by atoms with Gasteiger partial charge in [-0.1, -0.05) is 39.0 Å². The Morgan fingerprint density at radius 1 is 1.18 bits per heavy atom. The zero-order valence-electron chi connectivity index (χ0n) is 16.8. The fourth-order valence-electron chi connectivity index (χ4n) is 2.56. The summed E-state index contributed by atoms with van der Waals surface area (Å²) in [5.74, 6) is 2.92. The van der Waals surface area contributed by atoms with Crippen LogP contribution in [-0.4, -0.2) is 32.3 Å². The molecule has 2 aromatic heterocycles. The third-order valence-electron chi connectivity index (χ3n) is 4.08. The third kappa shape index (κ3) is 4.97. The number of hydrogen-bond donors (Lipinski definition) is 2. The van der Waals surface area contributed by atoms with Crippen molar-refractivity contribution in [1.82, 2.24) is 30.4 Å². The van der Waals surface area contributed by atoms with Gasteiger partial charge in [0.15, 0.2) is 11.8 Å². The van der Waals surface area contributed by atoms with Crippen molar-refractivity contribution in [2.75, 3.05) is 6.54 Å². The maximum absolute atomic E-state index is 5.82. The molecular formula is C20H27N7O. The van der Waals surface area contributed by atoms with Crippen molar-refractivity contribution in [3.63, 3.8) is 0 Å². The smallest absolute Gasteiger partial charge is 0.213 e. The summed E-state index contributed by atoms with van der Waals surface area (Å²) in [5, 5.41) is 14.7. The average molecular weight is 381 g/mol. The van der Waals surface area contributed by atoms with E-state index < -0.39 is 0 Å². The van der Waals surface area contributed by atoms with Crippen LogP contribution in [0.1, 0.15) is 45.2 Å². The van der Waals surface area contributed by atoms with E-state index in [4.69, 9.17) is 4.42 Å². The van der Waals surface area contributed by atoms with Gasteiger partial charge in [-0.2, -0.15) is 0 Å². The lowest BCUT2D eigenvalue weighted by atomic mass is 9.94. The molecule has 0 saturated carbocycles. The molecule has 28 heavy (non-hydrogen) atoms. The average Bonchev–Trinajstić information content (AvgIpc) is 3.34. The van der Waals surface area contributed by atoms with Gasteiger partial charge in [-0.25, -0.2) is 9.98 Å². The Bertz CT molecular complexity index is 906. The second-order valence-corrected chi connectivity index (χ2v) is 7.37. The lowest BCUT2D eigenvalue weighted by Gasteiger charge is -2.13. The number of oxazole rings is 1. The first-order chi connectivity index (χ1) is 13.5. The van der Waals surface area contributed by atoms with Crippen LogP contribution in [0.3, 0.4) is 0 Å². The van der Waals surface area contributed by atoms with Gasteiger partial charge in [0.2, 0.25) is 5.89 Å². The van der Waals surface area contributed by atoms with Crippen molar-refractivity contribution in [1.29, 1.82) is 0 Å². The molecule has 0 atom stereocenters. The highest BCUT2D eigenvalue weighted by molar-refractivity contribution is 5.79. The molecule has 3 rings (SSSR count). The molecule has 0 amide bonds. The maximum Gasteiger partial charge on any atom is 0.213 e. The molecule has 0 aliphatic rings. The Kier molecular flexibility index (Phi) is 6.08. The van der Waals surface area contributed by atoms with E-state index in [-0.39, 0.29) is 5.41 Å². The highest BCUT2D eigenvalue weighted by atomic mass is 16.4. The van der Waals surface area contributed by atoms with Crippen LogP contribution in [0.25, 0.3) is 5.69 Å². The monoisotopic (exact) mass is 381 g/mol. The minimum Gasteiger partial charge on any atom is -0.443 e. The Hall–Kier alpha value is -3.16. The minimum atomic E-state index is -0.0641. The largest absolute Gasteiger partial charge is 0.443 e. The molecule has 0 fully saturated rings. The van der Waals surface area contributed by atoms with Gasteiger partial charge in [0, 0.05) is 17.6 Å². The maximum atomic E-state index is 5.82. The summed E-state index contributed by atoms with van der Waals surface area (Å²) >= 11 is 0. The quantitative estimate of drug-likeness (QED) is 0.504. The first kappa shape index (κ1) is 19.6. The summed E-state index contributed by atoms with van der Waals surface area (Å²) in [7, 11) is 0. The van der Waals surface area contributed by atoms with E-state index >= 15 is 0 Å². The molecule has 0 spiro atoms. The van der Waals surface area contributed by atoms with Gasteiger partial charge in [-0.05, 0) is 19.1 Å². The molecule has 8 heteroatoms. The van der Waals surface area contributed by atoms with E-state index in [0.29, 0.717) is 24.9 Å². The number of nitrogens with zero attached hydrogens (tertiary/aromatic N) is 5. The molecule has 0 aliphatic heterocycles. The van der Waals surface area contributed by atoms with E-state index in [1.165, 1.54) is 0 Å². The third-order valence-corrected chi connectivity index (χ3v) is 4.08. The molecule has 1 aromatic carbocycles. The van der Waals surface area contributed by atoms with Crippen LogP contribution in [0, 0.1) is 0 Å². The standard InChI is InChI=1S/C20H27N7O/c1-5-21-19(24-13-18-22-11-16(28-18)20(2,3)4)23-12-17-26-25-14-27(17)15-9-7-6-8-10-15/h6-11,14H,5,12-13H2,1-4H3,(H2,21,23,24). The Morgan fingerprint density at radius 3 is 2.64 bits per heavy atom. The fraction of sp³-hybridized carbons (Fsp3) is 0.400. The van der Waals surface area contributed by atoms with Crippen molar-refractivity contribution in [2.45, 2.75) is 46.2 Å². The molecule has 2 N–H and O–H groups in total. The van der Waals surface area contributed by atoms with Gasteiger partial charge in [-0.15, -0.1) is 10.2 Å². The zero-order chi connectivity index (χ0) is 20.0. The van der Waals surface area contributed by atoms with E-state index in [1.54, 1.807) is 12.5 Å². The second kappa shape index (κ2) is 8.69. The van der Waals surface area contributed by atoms with E-state index in [0.717, 1.165) is 23.8 Å². The highest BCUT2D eigenvalue weighted by Gasteiger charge is 2.19. The molecule has 0 unspecified atom stereocenters. The van der Waals surface area contributed by atoms with Gasteiger partial charge in [0.05, 0.1) is 12.7 Å². The van der Waals surface area contributed by atoms with Crippen LogP contribution in [0.15, 0.2) is 52.3 Å². The number of hydrogen-bond acceptors (Lipinski definition) is 5. The Morgan fingerprint density at radius 2 is 1.96 bits per heavy atom. The summed E-state index contributed by atoms with van der Waals surface area (Å²) in [6, 6.07) is 9.96. The molecule has 2 heterocycles. The number of aromatic nitrogens is 4. The van der Waals surface area contributed by atoms with Gasteiger partial charge in [0.25, 0.3) is 0 Å². The molecule has 0 radical (unpaired) electrons. The van der Waals surface area contributed by atoms with Gasteiger partial charge in [0.1, 0.15) is 18.6 Å². The van der Waals surface area contributed by atoms with Crippen molar-refractivity contribution < 1.29 is 4.42 Å². The summed E-state index contributed by atoms with van der Waals surface area (Å²) in [6.07, 6.45) is 3.48. The van der Waals surface area contributed by atoms with Crippen LogP contribution in [0.4, 0.5) is 0 Å². The van der Waals surface area contributed by atoms with Crippen LogP contribution < -0.4 is 10.6 Å². The SMILES string of the molecule is CCNC(=NCc1nncn1-c1ccccc1)NCc1ncc(C(C)(C)C)o1. The van der Waals surface area contributed by atoms with Crippen LogP contribution >= 0.6 is 0 Å². The molecule has 0 saturated heterocycles. The Balaban J connectivity index is 1.67. The minimum absolute atomic E-state index is 0.0641. The van der Waals surface area contributed by atoms with Crippen molar-refractivity contribution in [3.05, 3.63) is 60.3 Å². The predicted octanol–water partition coefficient (Wildman–Crippen LogP) is 2.81. The number of nitrogens with one attached hydrogen (secondary N) is 2. The highest BCUT2D eigenvalue weighted by Crippen LogP contribution is 2.22. The van der Waals surface area contributed by atoms with Crippen LogP contribution in [0.2, 0.25) is 0 Å². The molecule has 3 aromatic rings. The number of aliphatic imine (C=N–C) groups is 1. The molecule has 8 nitrogen and oxygen atoms in total. The normalized spacial score (nSPS) is 12.2. The van der Waals surface area contributed by atoms with E-state index in [1.807, 2.05) is 41.8 Å². The summed E-state index contributed by atoms with van der Waals surface area (Å²) < 4.78 is 7.75. The van der Waals surface area contributed by atoms with Crippen LogP contribution in [0.5, 0.6) is 0 Å². The number of guanidine groups is 1. The van der Waals surface area contributed by atoms with Gasteiger partial charge < -0.3 is 15.1 Å². The summed E-state index contributed by atoms with van der Waals surface area (Å²) in [6.45, 7) is 9.90. The van der Waals surface area contributed by atoms with Gasteiger partial charge >= 0.3 is 0 Å². The summed E-state index contributed by atoms with van der Waals surface area (Å²) in [5.41, 5.74) is 0.941. The van der Waals surface area contributed by atoms with Crippen molar-refractivity contribution >= 4 is 5.96 Å². The van der Waals surface area contributed by atoms with Crippen LogP contribution in [-0.2, 0) is 18.5 Å². The van der Waals surface area contributed by atoms with Gasteiger partial charge in [-0.3, -0.25) is 4.57 Å². The predicted molar refractivity (Wildman–Crippen MR) is 108 cm³/mol. The number of para-hydroxylation sites is 1. The van der Waals surface area contributed by atoms with E-state index in [2.05, 4.69) is 51.6 Å². The molecule has 0 bridgehead atoms. The fourth-order valence-corrected chi connectivity index (χ4v) is 2.56. The topological polar surface area (TPSA) is 93.2 Å². The first-order valence-electron chi connectivity index (χ1n) is 9.39. The zero-order valence-corrected chi connectivity index (χ0v) is 16.8. The second-order valence-electron chi connectivity index (χ2n) is 7.37. The molecule has 0 aliphatic carbocycles. The Labute approximate surface area is 165 Å². The van der Waals surface area contributed by atoms with Crippen molar-refractivity contribution in [2.24, 2.45) is 4.99 Å². The van der Waals surface area contributed by atoms with E-state index in [9.17, 15) is 0 Å².